The number of ether oxygens (including phenoxy) is 2. The van der Waals surface area contributed by atoms with Crippen molar-refractivity contribution in [3.8, 4) is 5.75 Å². The van der Waals surface area contributed by atoms with Gasteiger partial charge in [0.2, 0.25) is 0 Å². The number of methoxy groups -OCH3 is 1. The lowest BCUT2D eigenvalue weighted by atomic mass is 10.0. The average Bonchev–Trinajstić information content (AvgIpc) is 2.45. The van der Waals surface area contributed by atoms with E-state index < -0.39 is 0 Å². The minimum Gasteiger partial charge on any atom is -0.491 e. The first-order valence-electron chi connectivity index (χ1n) is 6.66. The number of rotatable bonds is 6. The first kappa shape index (κ1) is 15.3. The second-order valence-corrected chi connectivity index (χ2v) is 4.41. The third kappa shape index (κ3) is 4.78. The molecule has 1 rings (SSSR count). The van der Waals surface area contributed by atoms with Crippen molar-refractivity contribution in [1.82, 2.24) is 0 Å². The second-order valence-electron chi connectivity index (χ2n) is 4.41. The molecule has 0 aromatic heterocycles. The first-order valence-corrected chi connectivity index (χ1v) is 6.66. The molecule has 3 heteroatoms. The zero-order chi connectivity index (χ0) is 14.3. The number of esters is 1. The third-order valence-electron chi connectivity index (χ3n) is 3.01. The van der Waals surface area contributed by atoms with Crippen LogP contribution in [0.15, 0.2) is 30.3 Å². The predicted octanol–water partition coefficient (Wildman–Crippen LogP) is 3.83. The van der Waals surface area contributed by atoms with E-state index in [0.29, 0.717) is 0 Å². The van der Waals surface area contributed by atoms with Crippen molar-refractivity contribution in [3.05, 3.63) is 35.9 Å². The molecule has 0 heterocycles. The summed E-state index contributed by atoms with van der Waals surface area (Å²) >= 11 is 0. The summed E-state index contributed by atoms with van der Waals surface area (Å²) in [6.45, 7) is 6.15. The van der Waals surface area contributed by atoms with E-state index in [1.807, 2.05) is 38.1 Å². The topological polar surface area (TPSA) is 35.5 Å². The van der Waals surface area contributed by atoms with Crippen molar-refractivity contribution in [1.29, 1.82) is 0 Å². The molecule has 1 aromatic rings. The molecular formula is C16H22O3. The molecular weight excluding hydrogens is 240 g/mol. The maximum atomic E-state index is 11.3. The van der Waals surface area contributed by atoms with E-state index in [2.05, 4.69) is 11.7 Å². The van der Waals surface area contributed by atoms with Gasteiger partial charge in [0.15, 0.2) is 0 Å². The van der Waals surface area contributed by atoms with Crippen LogP contribution in [0, 0.1) is 0 Å². The third-order valence-corrected chi connectivity index (χ3v) is 3.01. The van der Waals surface area contributed by atoms with Crippen molar-refractivity contribution in [2.24, 2.45) is 0 Å². The number of hydrogen-bond donors (Lipinski definition) is 0. The van der Waals surface area contributed by atoms with E-state index in [1.165, 1.54) is 13.2 Å². The molecule has 0 aliphatic heterocycles. The standard InChI is InChI=1S/C16H22O3/c1-5-12(3)19-15-9-7-14(8-10-15)13(6-2)11-16(17)18-4/h7-12H,5-6H2,1-4H3. The molecule has 0 radical (unpaired) electrons. The SMILES string of the molecule is CCC(=CC(=O)OC)c1ccc(OC(C)CC)cc1. The Morgan fingerprint density at radius 1 is 1.26 bits per heavy atom. The highest BCUT2D eigenvalue weighted by Gasteiger charge is 2.05. The monoisotopic (exact) mass is 262 g/mol. The zero-order valence-corrected chi connectivity index (χ0v) is 12.1. The molecule has 0 bridgehead atoms. The number of allylic oxidation sites excluding steroid dienone is 1. The Morgan fingerprint density at radius 3 is 2.37 bits per heavy atom. The molecule has 104 valence electrons. The number of carbonyl (C=O) groups is 1. The maximum absolute atomic E-state index is 11.3. The van der Waals surface area contributed by atoms with Gasteiger partial charge in [-0.2, -0.15) is 0 Å². The van der Waals surface area contributed by atoms with Crippen molar-refractivity contribution in [3.63, 3.8) is 0 Å². The fourth-order valence-electron chi connectivity index (χ4n) is 1.65. The molecule has 19 heavy (non-hydrogen) atoms. The van der Waals surface area contributed by atoms with Gasteiger partial charge in [0.05, 0.1) is 13.2 Å². The van der Waals surface area contributed by atoms with Gasteiger partial charge in [-0.15, -0.1) is 0 Å². The van der Waals surface area contributed by atoms with Gasteiger partial charge < -0.3 is 9.47 Å². The molecule has 0 amide bonds. The van der Waals surface area contributed by atoms with Gasteiger partial charge in [-0.1, -0.05) is 26.0 Å². The Kier molecular flexibility index (Phi) is 6.13. The highest BCUT2D eigenvalue weighted by molar-refractivity contribution is 5.91. The van der Waals surface area contributed by atoms with Crippen molar-refractivity contribution < 1.29 is 14.3 Å². The Labute approximate surface area is 115 Å². The van der Waals surface area contributed by atoms with Crippen molar-refractivity contribution >= 4 is 11.5 Å². The molecule has 1 unspecified atom stereocenters. The van der Waals surface area contributed by atoms with Crippen LogP contribution in [0.25, 0.3) is 5.57 Å². The molecule has 3 nitrogen and oxygen atoms in total. The van der Waals surface area contributed by atoms with E-state index in [4.69, 9.17) is 4.74 Å². The fraction of sp³-hybridized carbons (Fsp3) is 0.438. The van der Waals surface area contributed by atoms with Gasteiger partial charge in [0.25, 0.3) is 0 Å². The van der Waals surface area contributed by atoms with Crippen LogP contribution in [0.2, 0.25) is 0 Å². The summed E-state index contributed by atoms with van der Waals surface area (Å²) in [5.41, 5.74) is 1.98. The highest BCUT2D eigenvalue weighted by Crippen LogP contribution is 2.22. The summed E-state index contributed by atoms with van der Waals surface area (Å²) in [5.74, 6) is 0.531. The molecule has 0 saturated heterocycles. The van der Waals surface area contributed by atoms with Gasteiger partial charge in [0.1, 0.15) is 5.75 Å². The number of benzene rings is 1. The van der Waals surface area contributed by atoms with Crippen LogP contribution in [0.4, 0.5) is 0 Å². The minimum atomic E-state index is -0.322. The first-order chi connectivity index (χ1) is 9.10. The molecule has 0 aliphatic rings. The van der Waals surface area contributed by atoms with E-state index in [9.17, 15) is 4.79 Å². The van der Waals surface area contributed by atoms with Gasteiger partial charge in [-0.25, -0.2) is 4.79 Å². The van der Waals surface area contributed by atoms with Crippen LogP contribution in [0.1, 0.15) is 39.2 Å². The molecule has 1 aromatic carbocycles. The minimum absolute atomic E-state index is 0.210. The molecule has 0 fully saturated rings. The van der Waals surface area contributed by atoms with Crippen LogP contribution in [0.3, 0.4) is 0 Å². The summed E-state index contributed by atoms with van der Waals surface area (Å²) in [5, 5.41) is 0. The average molecular weight is 262 g/mol. The van der Waals surface area contributed by atoms with Crippen molar-refractivity contribution in [2.45, 2.75) is 39.7 Å². The maximum Gasteiger partial charge on any atom is 0.330 e. The van der Waals surface area contributed by atoms with Gasteiger partial charge in [0, 0.05) is 6.08 Å². The molecule has 1 atom stereocenters. The Morgan fingerprint density at radius 2 is 1.89 bits per heavy atom. The Hall–Kier alpha value is -1.77. The van der Waals surface area contributed by atoms with Crippen LogP contribution in [-0.2, 0) is 9.53 Å². The van der Waals surface area contributed by atoms with Crippen LogP contribution in [-0.4, -0.2) is 19.2 Å². The smallest absolute Gasteiger partial charge is 0.330 e. The largest absolute Gasteiger partial charge is 0.491 e. The quantitative estimate of drug-likeness (QED) is 0.577. The lowest BCUT2D eigenvalue weighted by molar-refractivity contribution is -0.134. The Bertz CT molecular complexity index is 432. The van der Waals surface area contributed by atoms with Crippen molar-refractivity contribution in [2.75, 3.05) is 7.11 Å². The van der Waals surface area contributed by atoms with Gasteiger partial charge in [-0.3, -0.25) is 0 Å². The second kappa shape index (κ2) is 7.62. The summed E-state index contributed by atoms with van der Waals surface area (Å²) in [7, 11) is 1.38. The molecule has 0 aliphatic carbocycles. The van der Waals surface area contributed by atoms with Crippen LogP contribution >= 0.6 is 0 Å². The zero-order valence-electron chi connectivity index (χ0n) is 12.1. The van der Waals surface area contributed by atoms with E-state index in [-0.39, 0.29) is 12.1 Å². The van der Waals surface area contributed by atoms with E-state index in [0.717, 1.165) is 29.7 Å². The fourth-order valence-corrected chi connectivity index (χ4v) is 1.65. The predicted molar refractivity (Wildman–Crippen MR) is 77.1 cm³/mol. The van der Waals surface area contributed by atoms with Crippen LogP contribution in [0.5, 0.6) is 5.75 Å². The normalized spacial score (nSPS) is 12.9. The summed E-state index contributed by atoms with van der Waals surface area (Å²) in [4.78, 5) is 11.3. The highest BCUT2D eigenvalue weighted by atomic mass is 16.5. The van der Waals surface area contributed by atoms with E-state index in [1.54, 1.807) is 0 Å². The van der Waals surface area contributed by atoms with Crippen LogP contribution < -0.4 is 4.74 Å². The summed E-state index contributed by atoms with van der Waals surface area (Å²) in [6, 6.07) is 7.80. The number of hydrogen-bond acceptors (Lipinski definition) is 3. The lowest BCUT2D eigenvalue weighted by Crippen LogP contribution is -2.09. The van der Waals surface area contributed by atoms with E-state index >= 15 is 0 Å². The Balaban J connectivity index is 2.84. The molecule has 0 spiro atoms. The summed E-state index contributed by atoms with van der Waals surface area (Å²) in [6.07, 6.45) is 3.50. The number of carbonyl (C=O) groups excluding carboxylic acids is 1. The van der Waals surface area contributed by atoms with Gasteiger partial charge >= 0.3 is 5.97 Å². The lowest BCUT2D eigenvalue weighted by Gasteiger charge is -2.13. The summed E-state index contributed by atoms with van der Waals surface area (Å²) < 4.78 is 10.4. The van der Waals surface area contributed by atoms with Gasteiger partial charge in [-0.05, 0) is 43.0 Å². The molecule has 0 N–H and O–H groups in total. The molecule has 0 saturated carbocycles.